The lowest BCUT2D eigenvalue weighted by atomic mass is 10.3. The quantitative estimate of drug-likeness (QED) is 0.868. The molecule has 15 heavy (non-hydrogen) atoms. The van der Waals surface area contributed by atoms with Crippen molar-refractivity contribution in [3.63, 3.8) is 0 Å². The Balaban J connectivity index is 2.41. The molecule has 0 aliphatic heterocycles. The Morgan fingerprint density at radius 2 is 2.33 bits per heavy atom. The number of methoxy groups -OCH3 is 1. The van der Waals surface area contributed by atoms with Gasteiger partial charge in [0, 0.05) is 28.2 Å². The first-order valence-corrected chi connectivity index (χ1v) is 5.69. The van der Waals surface area contributed by atoms with E-state index in [1.54, 1.807) is 7.11 Å². The summed E-state index contributed by atoms with van der Waals surface area (Å²) in [7, 11) is 1.68. The van der Waals surface area contributed by atoms with E-state index in [0.717, 1.165) is 21.9 Å². The Labute approximate surface area is 101 Å². The Morgan fingerprint density at radius 3 is 3.07 bits per heavy atom. The molecule has 1 aromatic heterocycles. The molecule has 0 unspecified atom stereocenters. The van der Waals surface area contributed by atoms with E-state index in [-0.39, 0.29) is 0 Å². The highest BCUT2D eigenvalue weighted by atomic mass is 79.9. The molecule has 0 spiro atoms. The molecule has 0 saturated carbocycles. The SMILES string of the molecule is COCCn1cc2cc(Cl)cc(Br)c2n1. The van der Waals surface area contributed by atoms with Gasteiger partial charge in [0.2, 0.25) is 0 Å². The van der Waals surface area contributed by atoms with E-state index in [4.69, 9.17) is 16.3 Å². The van der Waals surface area contributed by atoms with Crippen LogP contribution in [0, 0.1) is 0 Å². The molecule has 5 heteroatoms. The highest BCUT2D eigenvalue weighted by Crippen LogP contribution is 2.26. The number of halogens is 2. The van der Waals surface area contributed by atoms with Crippen LogP contribution < -0.4 is 0 Å². The van der Waals surface area contributed by atoms with E-state index in [0.29, 0.717) is 11.6 Å². The Bertz CT molecular complexity index is 483. The predicted octanol–water partition coefficient (Wildman–Crippen LogP) is 3.10. The summed E-state index contributed by atoms with van der Waals surface area (Å²) in [4.78, 5) is 0. The van der Waals surface area contributed by atoms with Crippen molar-refractivity contribution in [3.8, 4) is 0 Å². The number of fused-ring (bicyclic) bond motifs is 1. The van der Waals surface area contributed by atoms with Crippen molar-refractivity contribution < 1.29 is 4.74 Å². The molecule has 0 bridgehead atoms. The molecule has 1 aromatic carbocycles. The molecular formula is C10H10BrClN2O. The second-order valence-corrected chi connectivity index (χ2v) is 4.50. The highest BCUT2D eigenvalue weighted by molar-refractivity contribution is 9.10. The Kier molecular flexibility index (Phi) is 3.29. The second kappa shape index (κ2) is 4.51. The number of ether oxygens (including phenoxy) is 1. The third-order valence-corrected chi connectivity index (χ3v) is 2.92. The fourth-order valence-corrected chi connectivity index (χ4v) is 2.32. The van der Waals surface area contributed by atoms with Crippen LogP contribution >= 0.6 is 27.5 Å². The smallest absolute Gasteiger partial charge is 0.107 e. The number of hydrogen-bond acceptors (Lipinski definition) is 2. The van der Waals surface area contributed by atoms with Gasteiger partial charge in [0.25, 0.3) is 0 Å². The summed E-state index contributed by atoms with van der Waals surface area (Å²) in [5.74, 6) is 0. The molecule has 0 aliphatic rings. The summed E-state index contributed by atoms with van der Waals surface area (Å²) >= 11 is 9.38. The molecule has 0 radical (unpaired) electrons. The van der Waals surface area contributed by atoms with Crippen LogP contribution in [0.1, 0.15) is 0 Å². The normalized spacial score (nSPS) is 11.1. The first-order chi connectivity index (χ1) is 7.20. The minimum atomic E-state index is 0.652. The zero-order valence-electron chi connectivity index (χ0n) is 8.20. The summed E-state index contributed by atoms with van der Waals surface area (Å²) in [5, 5.41) is 6.16. The van der Waals surface area contributed by atoms with E-state index in [2.05, 4.69) is 21.0 Å². The van der Waals surface area contributed by atoms with Crippen molar-refractivity contribution in [1.82, 2.24) is 9.78 Å². The summed E-state index contributed by atoms with van der Waals surface area (Å²) in [6.07, 6.45) is 1.96. The molecule has 0 fully saturated rings. The van der Waals surface area contributed by atoms with Gasteiger partial charge in [-0.3, -0.25) is 4.68 Å². The Morgan fingerprint density at radius 1 is 1.53 bits per heavy atom. The topological polar surface area (TPSA) is 27.1 Å². The summed E-state index contributed by atoms with van der Waals surface area (Å²) < 4.78 is 7.77. The average molecular weight is 290 g/mol. The van der Waals surface area contributed by atoms with E-state index in [9.17, 15) is 0 Å². The molecule has 0 aliphatic carbocycles. The molecule has 3 nitrogen and oxygen atoms in total. The lowest BCUT2D eigenvalue weighted by Gasteiger charge is -1.97. The predicted molar refractivity (Wildman–Crippen MR) is 64.3 cm³/mol. The van der Waals surface area contributed by atoms with Crippen LogP contribution in [0.2, 0.25) is 5.02 Å². The van der Waals surface area contributed by atoms with E-state index >= 15 is 0 Å². The van der Waals surface area contributed by atoms with Crippen LogP contribution in [0.3, 0.4) is 0 Å². The number of rotatable bonds is 3. The van der Waals surface area contributed by atoms with E-state index in [1.165, 1.54) is 0 Å². The fraction of sp³-hybridized carbons (Fsp3) is 0.300. The molecule has 0 atom stereocenters. The largest absolute Gasteiger partial charge is 0.383 e. The molecule has 80 valence electrons. The number of nitrogens with zero attached hydrogens (tertiary/aromatic N) is 2. The number of aromatic nitrogens is 2. The second-order valence-electron chi connectivity index (χ2n) is 3.21. The van der Waals surface area contributed by atoms with Crippen LogP contribution in [0.5, 0.6) is 0 Å². The van der Waals surface area contributed by atoms with Gasteiger partial charge in [-0.15, -0.1) is 0 Å². The first-order valence-electron chi connectivity index (χ1n) is 4.52. The van der Waals surface area contributed by atoms with Gasteiger partial charge in [-0.1, -0.05) is 11.6 Å². The first kappa shape index (κ1) is 10.9. The molecule has 2 rings (SSSR count). The summed E-state index contributed by atoms with van der Waals surface area (Å²) in [5.41, 5.74) is 0.926. The van der Waals surface area contributed by atoms with Crippen molar-refractivity contribution in [1.29, 1.82) is 0 Å². The minimum absolute atomic E-state index is 0.652. The molecule has 2 aromatic rings. The van der Waals surface area contributed by atoms with Crippen molar-refractivity contribution in [2.24, 2.45) is 0 Å². The molecule has 0 N–H and O–H groups in total. The molecule has 0 amide bonds. The maximum atomic E-state index is 5.95. The van der Waals surface area contributed by atoms with Crippen LogP contribution in [-0.2, 0) is 11.3 Å². The van der Waals surface area contributed by atoms with Gasteiger partial charge in [-0.05, 0) is 28.1 Å². The molecular weight excluding hydrogens is 279 g/mol. The van der Waals surface area contributed by atoms with Gasteiger partial charge < -0.3 is 4.74 Å². The van der Waals surface area contributed by atoms with Gasteiger partial charge in [0.05, 0.1) is 13.2 Å². The van der Waals surface area contributed by atoms with Crippen LogP contribution in [0.15, 0.2) is 22.8 Å². The van der Waals surface area contributed by atoms with Crippen molar-refractivity contribution in [3.05, 3.63) is 27.8 Å². The van der Waals surface area contributed by atoms with Gasteiger partial charge >= 0.3 is 0 Å². The van der Waals surface area contributed by atoms with Gasteiger partial charge in [0.1, 0.15) is 5.52 Å². The maximum absolute atomic E-state index is 5.95. The fourth-order valence-electron chi connectivity index (χ4n) is 1.41. The van der Waals surface area contributed by atoms with E-state index < -0.39 is 0 Å². The monoisotopic (exact) mass is 288 g/mol. The summed E-state index contributed by atoms with van der Waals surface area (Å²) in [6, 6.07) is 3.75. The van der Waals surface area contributed by atoms with Gasteiger partial charge in [0.15, 0.2) is 0 Å². The van der Waals surface area contributed by atoms with Crippen LogP contribution in [-0.4, -0.2) is 23.5 Å². The zero-order valence-corrected chi connectivity index (χ0v) is 10.5. The van der Waals surface area contributed by atoms with Crippen LogP contribution in [0.25, 0.3) is 10.9 Å². The van der Waals surface area contributed by atoms with Crippen molar-refractivity contribution in [2.45, 2.75) is 6.54 Å². The molecule has 0 saturated heterocycles. The number of hydrogen-bond donors (Lipinski definition) is 0. The Hall–Kier alpha value is -0.580. The maximum Gasteiger partial charge on any atom is 0.107 e. The van der Waals surface area contributed by atoms with E-state index in [1.807, 2.05) is 23.0 Å². The average Bonchev–Trinajstić information content (AvgIpc) is 2.57. The summed E-state index contributed by atoms with van der Waals surface area (Å²) in [6.45, 7) is 1.40. The van der Waals surface area contributed by atoms with Gasteiger partial charge in [-0.2, -0.15) is 5.10 Å². The number of benzene rings is 1. The zero-order chi connectivity index (χ0) is 10.8. The molecule has 1 heterocycles. The lowest BCUT2D eigenvalue weighted by molar-refractivity contribution is 0.184. The van der Waals surface area contributed by atoms with Gasteiger partial charge in [-0.25, -0.2) is 0 Å². The van der Waals surface area contributed by atoms with Crippen LogP contribution in [0.4, 0.5) is 0 Å². The van der Waals surface area contributed by atoms with Crippen molar-refractivity contribution >= 4 is 38.4 Å². The van der Waals surface area contributed by atoms with Crippen molar-refractivity contribution in [2.75, 3.05) is 13.7 Å². The third kappa shape index (κ3) is 2.33. The lowest BCUT2D eigenvalue weighted by Crippen LogP contribution is -2.03. The minimum Gasteiger partial charge on any atom is -0.383 e. The standard InChI is InChI=1S/C10H10BrClN2O/c1-15-3-2-14-6-7-4-8(12)5-9(11)10(7)13-14/h4-6H,2-3H2,1H3. The highest BCUT2D eigenvalue weighted by Gasteiger charge is 2.05. The third-order valence-electron chi connectivity index (χ3n) is 2.10.